The van der Waals surface area contributed by atoms with E-state index in [1.807, 2.05) is 19.4 Å². The van der Waals surface area contributed by atoms with Gasteiger partial charge in [0.15, 0.2) is 5.72 Å². The Balaban J connectivity index is 1.89. The summed E-state index contributed by atoms with van der Waals surface area (Å²) in [6, 6.07) is 12.9. The molecule has 114 valence electrons. The monoisotopic (exact) mass is 294 g/mol. The number of hydrogen-bond donors (Lipinski definition) is 1. The molecule has 0 amide bonds. The molecule has 0 spiro atoms. The maximum Gasteiger partial charge on any atom is 0.156 e. The third-order valence-electron chi connectivity index (χ3n) is 5.29. The number of nitrogens with one attached hydrogen (secondary N) is 1. The zero-order valence-corrected chi connectivity index (χ0v) is 13.2. The first-order valence-corrected chi connectivity index (χ1v) is 8.04. The molecule has 1 aromatic carbocycles. The molecule has 1 aliphatic heterocycles. The van der Waals surface area contributed by atoms with Gasteiger partial charge in [0.05, 0.1) is 11.1 Å². The third-order valence-corrected chi connectivity index (χ3v) is 5.29. The fraction of sp³-hybridized carbons (Fsp3) is 0.421. The van der Waals surface area contributed by atoms with Crippen LogP contribution in [0.15, 0.2) is 42.6 Å². The highest BCUT2D eigenvalue weighted by atomic mass is 16.5. The van der Waals surface area contributed by atoms with Gasteiger partial charge in [-0.15, -0.1) is 0 Å². The maximum atomic E-state index is 6.18. The number of rotatable bonds is 3. The molecule has 3 nitrogen and oxygen atoms in total. The van der Waals surface area contributed by atoms with Crippen molar-refractivity contribution in [3.63, 3.8) is 0 Å². The predicted octanol–water partition coefficient (Wildman–Crippen LogP) is 3.07. The van der Waals surface area contributed by atoms with Crippen LogP contribution in [0, 0.1) is 6.92 Å². The van der Waals surface area contributed by atoms with Crippen LogP contribution in [0.3, 0.4) is 0 Å². The number of aryl methyl sites for hydroxylation is 1. The second kappa shape index (κ2) is 4.90. The first-order chi connectivity index (χ1) is 10.7. The standard InChI is InChI=1S/C19H22N2O/c1-14-6-7-16-15(13-14)8-12-21-19(16,22-2)18(9-10-18)17-5-3-4-11-20-17/h3-7,11,13,21H,8-10,12H2,1-2H3. The van der Waals surface area contributed by atoms with Gasteiger partial charge in [0.2, 0.25) is 0 Å². The Hall–Kier alpha value is -1.71. The lowest BCUT2D eigenvalue weighted by atomic mass is 9.77. The number of fused-ring (bicyclic) bond motifs is 1. The fourth-order valence-electron chi connectivity index (χ4n) is 4.11. The second-order valence-electron chi connectivity index (χ2n) is 6.52. The van der Waals surface area contributed by atoms with E-state index >= 15 is 0 Å². The summed E-state index contributed by atoms with van der Waals surface area (Å²) in [7, 11) is 1.82. The van der Waals surface area contributed by atoms with Crippen molar-refractivity contribution in [2.45, 2.75) is 37.3 Å². The van der Waals surface area contributed by atoms with E-state index in [0.717, 1.165) is 31.5 Å². The molecule has 0 radical (unpaired) electrons. The first kappa shape index (κ1) is 13.9. The minimum atomic E-state index is -0.456. The van der Waals surface area contributed by atoms with E-state index < -0.39 is 5.72 Å². The van der Waals surface area contributed by atoms with Crippen molar-refractivity contribution in [1.82, 2.24) is 10.3 Å². The Kier molecular flexibility index (Phi) is 3.10. The molecule has 1 unspecified atom stereocenters. The SMILES string of the molecule is COC1(C2(c3ccccn3)CC2)NCCc2cc(C)ccc21. The lowest BCUT2D eigenvalue weighted by Crippen LogP contribution is -2.57. The highest BCUT2D eigenvalue weighted by Gasteiger charge is 2.63. The fourth-order valence-corrected chi connectivity index (χ4v) is 4.11. The average molecular weight is 294 g/mol. The average Bonchev–Trinajstić information content (AvgIpc) is 3.37. The van der Waals surface area contributed by atoms with Gasteiger partial charge in [0.25, 0.3) is 0 Å². The minimum absolute atomic E-state index is 0.0482. The van der Waals surface area contributed by atoms with E-state index in [0.29, 0.717) is 0 Å². The molecular weight excluding hydrogens is 272 g/mol. The third kappa shape index (κ3) is 1.79. The number of methoxy groups -OCH3 is 1. The van der Waals surface area contributed by atoms with Gasteiger partial charge in [-0.3, -0.25) is 10.3 Å². The number of ether oxygens (including phenoxy) is 1. The van der Waals surface area contributed by atoms with Gasteiger partial charge in [-0.25, -0.2) is 0 Å². The summed E-state index contributed by atoms with van der Waals surface area (Å²) in [5.41, 5.74) is 4.64. The normalized spacial score (nSPS) is 25.5. The van der Waals surface area contributed by atoms with Crippen molar-refractivity contribution in [3.05, 3.63) is 65.0 Å². The Labute approximate surface area is 131 Å². The van der Waals surface area contributed by atoms with Crippen molar-refractivity contribution >= 4 is 0 Å². The topological polar surface area (TPSA) is 34.1 Å². The van der Waals surface area contributed by atoms with E-state index in [1.165, 1.54) is 16.7 Å². The first-order valence-electron chi connectivity index (χ1n) is 8.04. The summed E-state index contributed by atoms with van der Waals surface area (Å²) in [5.74, 6) is 0. The highest BCUT2D eigenvalue weighted by molar-refractivity contribution is 5.45. The van der Waals surface area contributed by atoms with Gasteiger partial charge < -0.3 is 4.74 Å². The Bertz CT molecular complexity index is 694. The zero-order chi connectivity index (χ0) is 15.2. The Morgan fingerprint density at radius 2 is 2.05 bits per heavy atom. The zero-order valence-electron chi connectivity index (χ0n) is 13.2. The van der Waals surface area contributed by atoms with Gasteiger partial charge in [0.1, 0.15) is 0 Å². The molecule has 0 bridgehead atoms. The van der Waals surface area contributed by atoms with Gasteiger partial charge in [-0.05, 0) is 43.9 Å². The minimum Gasteiger partial charge on any atom is -0.359 e. The maximum absolute atomic E-state index is 6.18. The molecule has 3 heteroatoms. The Morgan fingerprint density at radius 1 is 1.18 bits per heavy atom. The molecule has 2 aromatic rings. The van der Waals surface area contributed by atoms with Crippen molar-refractivity contribution in [2.75, 3.05) is 13.7 Å². The summed E-state index contributed by atoms with van der Waals surface area (Å²) < 4.78 is 6.18. The van der Waals surface area contributed by atoms with Crippen LogP contribution in [0.1, 0.15) is 35.2 Å². The molecule has 1 aromatic heterocycles. The molecule has 1 atom stereocenters. The van der Waals surface area contributed by atoms with Crippen molar-refractivity contribution in [2.24, 2.45) is 0 Å². The highest BCUT2D eigenvalue weighted by Crippen LogP contribution is 2.60. The summed E-state index contributed by atoms with van der Waals surface area (Å²) in [6.07, 6.45) is 5.16. The molecule has 2 aliphatic rings. The predicted molar refractivity (Wildman–Crippen MR) is 86.7 cm³/mol. The van der Waals surface area contributed by atoms with Crippen molar-refractivity contribution in [3.8, 4) is 0 Å². The van der Waals surface area contributed by atoms with Crippen LogP contribution in [-0.4, -0.2) is 18.6 Å². The van der Waals surface area contributed by atoms with Gasteiger partial charge in [-0.1, -0.05) is 29.8 Å². The molecule has 1 N–H and O–H groups in total. The van der Waals surface area contributed by atoms with E-state index in [1.54, 1.807) is 0 Å². The second-order valence-corrected chi connectivity index (χ2v) is 6.52. The number of pyridine rings is 1. The van der Waals surface area contributed by atoms with Crippen LogP contribution >= 0.6 is 0 Å². The molecule has 4 rings (SSSR count). The van der Waals surface area contributed by atoms with E-state index in [-0.39, 0.29) is 5.41 Å². The van der Waals surface area contributed by atoms with Gasteiger partial charge in [-0.2, -0.15) is 0 Å². The number of benzene rings is 1. The van der Waals surface area contributed by atoms with Crippen LogP contribution in [0.4, 0.5) is 0 Å². The van der Waals surface area contributed by atoms with Crippen LogP contribution in [0.2, 0.25) is 0 Å². The summed E-state index contributed by atoms with van der Waals surface area (Å²) in [4.78, 5) is 4.65. The number of aromatic nitrogens is 1. The molecule has 1 aliphatic carbocycles. The lowest BCUT2D eigenvalue weighted by Gasteiger charge is -2.45. The van der Waals surface area contributed by atoms with Crippen LogP contribution in [0.5, 0.6) is 0 Å². The molecule has 0 saturated heterocycles. The van der Waals surface area contributed by atoms with Crippen LogP contribution in [-0.2, 0) is 22.3 Å². The van der Waals surface area contributed by atoms with Crippen LogP contribution < -0.4 is 5.32 Å². The molecule has 2 heterocycles. The molecule has 1 fully saturated rings. The smallest absolute Gasteiger partial charge is 0.156 e. The largest absolute Gasteiger partial charge is 0.359 e. The quantitative estimate of drug-likeness (QED) is 0.944. The van der Waals surface area contributed by atoms with Gasteiger partial charge in [0, 0.05) is 25.4 Å². The van der Waals surface area contributed by atoms with Crippen molar-refractivity contribution in [1.29, 1.82) is 0 Å². The molecular formula is C19H22N2O. The van der Waals surface area contributed by atoms with Gasteiger partial charge >= 0.3 is 0 Å². The van der Waals surface area contributed by atoms with Crippen LogP contribution in [0.25, 0.3) is 0 Å². The van der Waals surface area contributed by atoms with E-state index in [2.05, 4.69) is 47.6 Å². The summed E-state index contributed by atoms with van der Waals surface area (Å²) >= 11 is 0. The number of nitrogens with zero attached hydrogens (tertiary/aromatic N) is 1. The number of hydrogen-bond acceptors (Lipinski definition) is 3. The molecule has 22 heavy (non-hydrogen) atoms. The summed E-state index contributed by atoms with van der Waals surface area (Å²) in [6.45, 7) is 3.10. The summed E-state index contributed by atoms with van der Waals surface area (Å²) in [5, 5.41) is 3.70. The van der Waals surface area contributed by atoms with E-state index in [4.69, 9.17) is 4.74 Å². The molecule has 1 saturated carbocycles. The lowest BCUT2D eigenvalue weighted by molar-refractivity contribution is -0.0838. The van der Waals surface area contributed by atoms with E-state index in [9.17, 15) is 0 Å². The Morgan fingerprint density at radius 3 is 2.73 bits per heavy atom. The van der Waals surface area contributed by atoms with Crippen molar-refractivity contribution < 1.29 is 4.74 Å².